The lowest BCUT2D eigenvalue weighted by Crippen LogP contribution is -2.32. The average Bonchev–Trinajstić information content (AvgIpc) is 3.35. The molecule has 0 fully saturated rings. The molecule has 0 unspecified atom stereocenters. The Hall–Kier alpha value is -3.94. The van der Waals surface area contributed by atoms with Crippen LogP contribution in [0, 0.1) is 12.3 Å². The van der Waals surface area contributed by atoms with Crippen molar-refractivity contribution in [1.29, 1.82) is 0 Å². The van der Waals surface area contributed by atoms with Crippen LogP contribution in [0.15, 0.2) is 41.4 Å². The van der Waals surface area contributed by atoms with Crippen LogP contribution >= 0.6 is 0 Å². The average molecular weight is 610 g/mol. The molecule has 228 valence electrons. The van der Waals surface area contributed by atoms with Gasteiger partial charge in [0.15, 0.2) is 11.4 Å². The molecule has 0 atom stereocenters. The van der Waals surface area contributed by atoms with Gasteiger partial charge in [0.2, 0.25) is 0 Å². The highest BCUT2D eigenvalue weighted by atomic mass is 32.2. The Bertz CT molecular complexity index is 1620. The van der Waals surface area contributed by atoms with Crippen LogP contribution in [0.3, 0.4) is 0 Å². The molecule has 3 rings (SSSR count). The number of alkyl halides is 3. The number of hydrogen-bond donors (Lipinski definition) is 2. The molecule has 2 N–H and O–H groups in total. The minimum Gasteiger partial charge on any atom is -0.493 e. The second-order valence-corrected chi connectivity index (χ2v) is 13.9. The van der Waals surface area contributed by atoms with E-state index in [0.29, 0.717) is 17.8 Å². The van der Waals surface area contributed by atoms with Crippen molar-refractivity contribution in [3.05, 3.63) is 58.9 Å². The quantitative estimate of drug-likeness (QED) is 0.376. The molecule has 0 saturated heterocycles. The normalized spacial score (nSPS) is 12.6. The van der Waals surface area contributed by atoms with Crippen LogP contribution < -0.4 is 15.4 Å². The van der Waals surface area contributed by atoms with Gasteiger partial charge in [-0.25, -0.2) is 13.1 Å². The number of hydrogen-bond acceptors (Lipinski definition) is 7. The summed E-state index contributed by atoms with van der Waals surface area (Å²) in [5.41, 5.74) is -5.29. The summed E-state index contributed by atoms with van der Waals surface area (Å²) in [5, 5.41) is 13.2. The molecular weight excluding hydrogens is 575 g/mol. The number of carbonyl (C=O) groups excluding carboxylic acids is 2. The summed E-state index contributed by atoms with van der Waals surface area (Å²) in [7, 11) is -4.80. The summed E-state index contributed by atoms with van der Waals surface area (Å²) in [6, 6.07) is 6.84. The third kappa shape index (κ3) is 7.09. The topological polar surface area (TPSA) is 132 Å². The molecular formula is C28H34F3N5O5S. The minimum absolute atomic E-state index is 0.0654. The summed E-state index contributed by atoms with van der Waals surface area (Å²) in [6.07, 6.45) is 1.41. The summed E-state index contributed by atoms with van der Waals surface area (Å²) in [5.74, 6) is -1.82. The Morgan fingerprint density at radius 1 is 1.00 bits per heavy atom. The fourth-order valence-electron chi connectivity index (χ4n) is 3.78. The largest absolute Gasteiger partial charge is 0.502 e. The molecule has 1 heterocycles. The first-order chi connectivity index (χ1) is 19.2. The van der Waals surface area contributed by atoms with Crippen LogP contribution in [0.5, 0.6) is 5.75 Å². The number of carbonyl (C=O) groups is 2. The predicted octanol–water partition coefficient (Wildman–Crippen LogP) is 5.20. The zero-order valence-corrected chi connectivity index (χ0v) is 25.4. The van der Waals surface area contributed by atoms with E-state index in [4.69, 9.17) is 4.74 Å². The summed E-state index contributed by atoms with van der Waals surface area (Å²) >= 11 is 0. The zero-order chi connectivity index (χ0) is 31.8. The molecule has 42 heavy (non-hydrogen) atoms. The number of anilines is 1. The van der Waals surface area contributed by atoms with E-state index in [-0.39, 0.29) is 27.9 Å². The zero-order valence-electron chi connectivity index (χ0n) is 24.6. The van der Waals surface area contributed by atoms with Gasteiger partial charge in [-0.3, -0.25) is 9.59 Å². The van der Waals surface area contributed by atoms with E-state index >= 15 is 0 Å². The van der Waals surface area contributed by atoms with Gasteiger partial charge in [0, 0.05) is 12.1 Å². The van der Waals surface area contributed by atoms with Crippen molar-refractivity contribution in [2.45, 2.75) is 64.3 Å². The van der Waals surface area contributed by atoms with Crippen LogP contribution in [0.1, 0.15) is 73.5 Å². The van der Waals surface area contributed by atoms with E-state index < -0.39 is 43.2 Å². The molecule has 3 aromatic rings. The van der Waals surface area contributed by atoms with Gasteiger partial charge in [-0.1, -0.05) is 52.8 Å². The van der Waals surface area contributed by atoms with Crippen molar-refractivity contribution in [3.8, 4) is 11.4 Å². The molecule has 2 aromatic carbocycles. The Balaban J connectivity index is 2.02. The van der Waals surface area contributed by atoms with Crippen LogP contribution in [0.25, 0.3) is 5.69 Å². The first kappa shape index (κ1) is 32.6. The molecule has 0 spiro atoms. The number of aromatic nitrogens is 3. The molecule has 0 radical (unpaired) electrons. The molecule has 14 heteroatoms. The molecule has 10 nitrogen and oxygen atoms in total. The van der Waals surface area contributed by atoms with Gasteiger partial charge in [0.1, 0.15) is 4.90 Å². The molecule has 0 aliphatic rings. The SMILES string of the molecule is COc1c(NC(=O)c2ccc(C)c(-n3cc(C(=O)NCC(C)(C)C)nn3)c2)cc(C(C)(C)C)cc1S(=O)(=O)C(F)(F)F. The summed E-state index contributed by atoms with van der Waals surface area (Å²) < 4.78 is 71.9. The van der Waals surface area contributed by atoms with Crippen LogP contribution in [-0.4, -0.2) is 54.4 Å². The smallest absolute Gasteiger partial charge is 0.493 e. The molecule has 0 saturated carbocycles. The van der Waals surface area contributed by atoms with Gasteiger partial charge < -0.3 is 15.4 Å². The van der Waals surface area contributed by atoms with E-state index in [0.717, 1.165) is 13.2 Å². The Labute approximate surface area is 242 Å². The van der Waals surface area contributed by atoms with Crippen LogP contribution in [0.2, 0.25) is 0 Å². The van der Waals surface area contributed by atoms with Crippen molar-refractivity contribution >= 4 is 27.3 Å². The summed E-state index contributed by atoms with van der Waals surface area (Å²) in [4.78, 5) is 24.7. The number of rotatable bonds is 7. The van der Waals surface area contributed by atoms with Crippen molar-refractivity contribution < 1.29 is 35.9 Å². The second kappa shape index (κ2) is 11.4. The molecule has 0 aliphatic carbocycles. The van der Waals surface area contributed by atoms with Gasteiger partial charge >= 0.3 is 5.51 Å². The van der Waals surface area contributed by atoms with Crippen LogP contribution in [0.4, 0.5) is 18.9 Å². The number of aryl methyl sites for hydroxylation is 1. The maximum Gasteiger partial charge on any atom is 0.502 e. The number of sulfone groups is 1. The van der Waals surface area contributed by atoms with Gasteiger partial charge in [-0.05, 0) is 53.1 Å². The highest BCUT2D eigenvalue weighted by molar-refractivity contribution is 7.92. The van der Waals surface area contributed by atoms with E-state index in [1.807, 2.05) is 20.8 Å². The highest BCUT2D eigenvalue weighted by Gasteiger charge is 2.49. The molecule has 0 bridgehead atoms. The van der Waals surface area contributed by atoms with Crippen molar-refractivity contribution in [2.24, 2.45) is 5.41 Å². The number of nitrogens with zero attached hydrogens (tertiary/aromatic N) is 3. The monoisotopic (exact) mass is 609 g/mol. The minimum atomic E-state index is -5.82. The third-order valence-electron chi connectivity index (χ3n) is 6.19. The standard InChI is InChI=1S/C28H34F3N5O5S/c1-16-9-10-17(11-21(16)36-14-20(34-35-36)25(38)32-15-26(2,3)4)24(37)33-19-12-18(27(5,6)7)13-22(23(19)41-8)42(39,40)28(29,30)31/h9-14H,15H2,1-8H3,(H,32,38)(H,33,37). The van der Waals surface area contributed by atoms with E-state index in [1.54, 1.807) is 33.8 Å². The van der Waals surface area contributed by atoms with Crippen molar-refractivity contribution in [3.63, 3.8) is 0 Å². The molecule has 0 aliphatic heterocycles. The number of ether oxygens (including phenoxy) is 1. The van der Waals surface area contributed by atoms with Crippen LogP contribution in [-0.2, 0) is 15.3 Å². The lowest BCUT2D eigenvalue weighted by molar-refractivity contribution is -0.0437. The van der Waals surface area contributed by atoms with Gasteiger partial charge in [0.05, 0.1) is 24.7 Å². The molecule has 2 amide bonds. The van der Waals surface area contributed by atoms with Crippen molar-refractivity contribution in [2.75, 3.05) is 19.0 Å². The van der Waals surface area contributed by atoms with Gasteiger partial charge in [-0.15, -0.1) is 5.10 Å². The number of amides is 2. The molecule has 1 aromatic heterocycles. The fourth-order valence-corrected chi connectivity index (χ4v) is 4.75. The van der Waals surface area contributed by atoms with Gasteiger partial charge in [0.25, 0.3) is 21.7 Å². The van der Waals surface area contributed by atoms with Crippen molar-refractivity contribution in [1.82, 2.24) is 20.3 Å². The Kier molecular flexibility index (Phi) is 8.83. The van der Waals surface area contributed by atoms with E-state index in [1.165, 1.54) is 29.1 Å². The fraction of sp³-hybridized carbons (Fsp3) is 0.429. The Morgan fingerprint density at radius 3 is 2.19 bits per heavy atom. The first-order valence-corrected chi connectivity index (χ1v) is 14.3. The lowest BCUT2D eigenvalue weighted by atomic mass is 9.86. The number of methoxy groups -OCH3 is 1. The van der Waals surface area contributed by atoms with E-state index in [9.17, 15) is 31.2 Å². The van der Waals surface area contributed by atoms with E-state index in [2.05, 4.69) is 20.9 Å². The lowest BCUT2D eigenvalue weighted by Gasteiger charge is -2.24. The summed E-state index contributed by atoms with van der Waals surface area (Å²) in [6.45, 7) is 13.1. The third-order valence-corrected chi connectivity index (χ3v) is 7.68. The predicted molar refractivity (Wildman–Crippen MR) is 151 cm³/mol. The number of benzene rings is 2. The number of halogens is 3. The second-order valence-electron chi connectivity index (χ2n) is 12.0. The number of nitrogens with one attached hydrogen (secondary N) is 2. The Morgan fingerprint density at radius 2 is 1.64 bits per heavy atom. The first-order valence-electron chi connectivity index (χ1n) is 12.8. The highest BCUT2D eigenvalue weighted by Crippen LogP contribution is 2.42. The maximum absolute atomic E-state index is 13.5. The van der Waals surface area contributed by atoms with Gasteiger partial charge in [-0.2, -0.15) is 13.2 Å². The maximum atomic E-state index is 13.5.